The SMILES string of the molecule is CCCC[C@@H](CC)CN1C(=O)/C(=C/c2c(N3C[C@H](C)C[C@H](C)C3)nc3ccc(C)cn3c2=O)SC1=S. The summed E-state index contributed by atoms with van der Waals surface area (Å²) in [5.74, 6) is 2.01. The predicted molar refractivity (Wildman–Crippen MR) is 155 cm³/mol. The second kappa shape index (κ2) is 11.5. The number of aryl methyl sites for hydroxylation is 1. The summed E-state index contributed by atoms with van der Waals surface area (Å²) in [5, 5.41) is 0. The Morgan fingerprint density at radius 3 is 2.58 bits per heavy atom. The zero-order valence-electron chi connectivity index (χ0n) is 22.1. The molecule has 2 aliphatic rings. The molecule has 0 unspecified atom stereocenters. The minimum atomic E-state index is -0.149. The second-order valence-electron chi connectivity index (χ2n) is 10.6. The van der Waals surface area contributed by atoms with E-state index in [1.54, 1.807) is 15.4 Å². The Morgan fingerprint density at radius 2 is 1.92 bits per heavy atom. The van der Waals surface area contributed by atoms with Crippen molar-refractivity contribution in [1.82, 2.24) is 14.3 Å². The number of piperidine rings is 1. The van der Waals surface area contributed by atoms with Crippen molar-refractivity contribution in [2.45, 2.75) is 66.7 Å². The van der Waals surface area contributed by atoms with Gasteiger partial charge < -0.3 is 4.90 Å². The number of anilines is 1. The van der Waals surface area contributed by atoms with E-state index in [4.69, 9.17) is 17.2 Å². The van der Waals surface area contributed by atoms with E-state index in [2.05, 4.69) is 32.6 Å². The van der Waals surface area contributed by atoms with Gasteiger partial charge in [0.1, 0.15) is 15.8 Å². The normalized spacial score (nSPS) is 22.8. The molecule has 2 aromatic heterocycles. The summed E-state index contributed by atoms with van der Waals surface area (Å²) in [6, 6.07) is 3.86. The van der Waals surface area contributed by atoms with Crippen molar-refractivity contribution >= 4 is 51.7 Å². The number of carbonyl (C=O) groups excluding carboxylic acids is 1. The van der Waals surface area contributed by atoms with Gasteiger partial charge in [0.15, 0.2) is 0 Å². The molecule has 8 heteroatoms. The molecule has 2 aromatic rings. The summed E-state index contributed by atoms with van der Waals surface area (Å²) < 4.78 is 2.17. The highest BCUT2D eigenvalue weighted by Gasteiger charge is 2.34. The molecular formula is C28H38N4O2S2. The van der Waals surface area contributed by atoms with Gasteiger partial charge in [-0.05, 0) is 55.2 Å². The number of rotatable bonds is 8. The molecule has 2 aliphatic heterocycles. The number of hydrogen-bond acceptors (Lipinski definition) is 6. The standard InChI is InChI=1S/C28H38N4O2S2/c1-6-8-9-21(7-2)17-32-27(34)23(36-28(32)35)13-22-25(30-14-19(4)12-20(5)15-30)29-24-11-10-18(3)16-31(24)26(22)33/h10-11,13,16,19-21H,6-9,12,14-15,17H2,1-5H3/b23-13-/t19-,20+,21-/m1/s1. The molecule has 0 spiro atoms. The Hall–Kier alpha value is -2.19. The zero-order valence-corrected chi connectivity index (χ0v) is 23.8. The van der Waals surface area contributed by atoms with Gasteiger partial charge in [0, 0.05) is 25.8 Å². The van der Waals surface area contributed by atoms with Crippen molar-refractivity contribution in [3.63, 3.8) is 0 Å². The molecule has 0 bridgehead atoms. The number of carbonyl (C=O) groups is 1. The van der Waals surface area contributed by atoms with Crippen LogP contribution in [0.1, 0.15) is 70.9 Å². The monoisotopic (exact) mass is 526 g/mol. The molecule has 2 fully saturated rings. The van der Waals surface area contributed by atoms with Crippen LogP contribution < -0.4 is 10.5 Å². The average molecular weight is 527 g/mol. The summed E-state index contributed by atoms with van der Waals surface area (Å²) >= 11 is 6.92. The van der Waals surface area contributed by atoms with Gasteiger partial charge in [-0.15, -0.1) is 0 Å². The van der Waals surface area contributed by atoms with E-state index < -0.39 is 0 Å². The van der Waals surface area contributed by atoms with Gasteiger partial charge in [0.2, 0.25) is 0 Å². The van der Waals surface area contributed by atoms with Crippen molar-refractivity contribution in [2.24, 2.45) is 17.8 Å². The fraction of sp³-hybridized carbons (Fsp3) is 0.571. The maximum absolute atomic E-state index is 13.8. The lowest BCUT2D eigenvalue weighted by molar-refractivity contribution is -0.122. The van der Waals surface area contributed by atoms with E-state index in [1.165, 1.54) is 11.8 Å². The van der Waals surface area contributed by atoms with Crippen molar-refractivity contribution in [3.8, 4) is 0 Å². The zero-order chi connectivity index (χ0) is 26.0. The summed E-state index contributed by atoms with van der Waals surface area (Å²) in [7, 11) is 0. The van der Waals surface area contributed by atoms with Crippen molar-refractivity contribution in [2.75, 3.05) is 24.5 Å². The number of thioether (sulfide) groups is 1. The maximum Gasteiger partial charge on any atom is 0.267 e. The first-order valence-electron chi connectivity index (χ1n) is 13.2. The van der Waals surface area contributed by atoms with E-state index in [9.17, 15) is 9.59 Å². The number of unbranched alkanes of at least 4 members (excludes halogenated alkanes) is 1. The molecule has 0 radical (unpaired) electrons. The molecule has 0 aromatic carbocycles. The quantitative estimate of drug-likeness (QED) is 0.315. The number of aromatic nitrogens is 2. The number of fused-ring (bicyclic) bond motifs is 1. The lowest BCUT2D eigenvalue weighted by atomic mass is 9.91. The number of amides is 1. The summed E-state index contributed by atoms with van der Waals surface area (Å²) in [4.78, 5) is 36.7. The number of nitrogens with zero attached hydrogens (tertiary/aromatic N) is 4. The Balaban J connectivity index is 1.75. The van der Waals surface area contributed by atoms with Crippen LogP contribution in [-0.4, -0.2) is 44.1 Å². The van der Waals surface area contributed by atoms with Gasteiger partial charge in [-0.25, -0.2) is 4.98 Å². The first kappa shape index (κ1) is 26.9. The molecular weight excluding hydrogens is 488 g/mol. The Labute approximate surface area is 224 Å². The van der Waals surface area contributed by atoms with Crippen LogP contribution in [0.15, 0.2) is 28.0 Å². The van der Waals surface area contributed by atoms with E-state index in [-0.39, 0.29) is 11.5 Å². The molecule has 4 heterocycles. The smallest absolute Gasteiger partial charge is 0.267 e. The number of hydrogen-bond donors (Lipinski definition) is 0. The number of thiocarbonyl (C=S) groups is 1. The van der Waals surface area contributed by atoms with Gasteiger partial charge in [0.25, 0.3) is 11.5 Å². The topological polar surface area (TPSA) is 57.9 Å². The van der Waals surface area contributed by atoms with Crippen LogP contribution in [0.2, 0.25) is 0 Å². The van der Waals surface area contributed by atoms with Crippen LogP contribution in [0.25, 0.3) is 11.7 Å². The fourth-order valence-electron chi connectivity index (χ4n) is 5.41. The van der Waals surface area contributed by atoms with Crippen molar-refractivity contribution in [3.05, 3.63) is 44.7 Å². The maximum atomic E-state index is 13.8. The molecule has 0 saturated carbocycles. The van der Waals surface area contributed by atoms with Crippen LogP contribution in [0, 0.1) is 24.7 Å². The highest BCUT2D eigenvalue weighted by atomic mass is 32.2. The van der Waals surface area contributed by atoms with Gasteiger partial charge in [0.05, 0.1) is 10.5 Å². The summed E-state index contributed by atoms with van der Waals surface area (Å²) in [5.41, 5.74) is 1.93. The van der Waals surface area contributed by atoms with Gasteiger partial charge in [-0.3, -0.25) is 18.9 Å². The van der Waals surface area contributed by atoms with Crippen LogP contribution in [-0.2, 0) is 4.79 Å². The Morgan fingerprint density at radius 1 is 1.19 bits per heavy atom. The molecule has 4 rings (SSSR count). The first-order chi connectivity index (χ1) is 17.2. The van der Waals surface area contributed by atoms with Crippen LogP contribution in [0.4, 0.5) is 5.82 Å². The lowest BCUT2D eigenvalue weighted by Crippen LogP contribution is -2.40. The fourth-order valence-corrected chi connectivity index (χ4v) is 6.67. The minimum Gasteiger partial charge on any atom is -0.355 e. The van der Waals surface area contributed by atoms with E-state index in [0.29, 0.717) is 50.6 Å². The number of pyridine rings is 1. The second-order valence-corrected chi connectivity index (χ2v) is 12.3. The molecule has 194 valence electrons. The van der Waals surface area contributed by atoms with Crippen molar-refractivity contribution in [1.29, 1.82) is 0 Å². The van der Waals surface area contributed by atoms with E-state index >= 15 is 0 Å². The first-order valence-corrected chi connectivity index (χ1v) is 14.5. The van der Waals surface area contributed by atoms with Gasteiger partial charge >= 0.3 is 0 Å². The molecule has 1 amide bonds. The van der Waals surface area contributed by atoms with Crippen LogP contribution in [0.5, 0.6) is 0 Å². The highest BCUT2D eigenvalue weighted by molar-refractivity contribution is 8.26. The molecule has 0 aliphatic carbocycles. The Bertz CT molecular complexity index is 1230. The minimum absolute atomic E-state index is 0.0972. The molecule has 3 atom stereocenters. The summed E-state index contributed by atoms with van der Waals surface area (Å²) in [6.07, 6.45) is 9.12. The third kappa shape index (κ3) is 5.70. The lowest BCUT2D eigenvalue weighted by Gasteiger charge is -2.36. The molecule has 6 nitrogen and oxygen atoms in total. The molecule has 2 saturated heterocycles. The van der Waals surface area contributed by atoms with E-state index in [1.807, 2.05) is 25.3 Å². The third-order valence-electron chi connectivity index (χ3n) is 7.29. The average Bonchev–Trinajstić information content (AvgIpc) is 3.10. The summed E-state index contributed by atoms with van der Waals surface area (Å²) in [6.45, 7) is 13.1. The van der Waals surface area contributed by atoms with Gasteiger partial charge in [-0.1, -0.05) is 77.0 Å². The molecule has 36 heavy (non-hydrogen) atoms. The van der Waals surface area contributed by atoms with Gasteiger partial charge in [-0.2, -0.15) is 0 Å². The van der Waals surface area contributed by atoms with E-state index in [0.717, 1.165) is 50.8 Å². The van der Waals surface area contributed by atoms with Crippen LogP contribution >= 0.6 is 24.0 Å². The largest absolute Gasteiger partial charge is 0.355 e. The predicted octanol–water partition coefficient (Wildman–Crippen LogP) is 5.90. The highest BCUT2D eigenvalue weighted by Crippen LogP contribution is 2.35. The van der Waals surface area contributed by atoms with Crippen molar-refractivity contribution < 1.29 is 4.79 Å². The third-order valence-corrected chi connectivity index (χ3v) is 8.66. The Kier molecular flexibility index (Phi) is 8.56. The van der Waals surface area contributed by atoms with Crippen LogP contribution in [0.3, 0.4) is 0 Å². The molecule has 0 N–H and O–H groups in total.